The first kappa shape index (κ1) is 40.7. The van der Waals surface area contributed by atoms with E-state index in [2.05, 4.69) is 76.1 Å². The maximum absolute atomic E-state index is 6.99. The fourth-order valence-electron chi connectivity index (χ4n) is 4.86. The molecule has 15 heteroatoms. The molecule has 0 saturated carbocycles. The Kier molecular flexibility index (Phi) is 15.0. The van der Waals surface area contributed by atoms with Crippen molar-refractivity contribution in [1.29, 1.82) is 0 Å². The van der Waals surface area contributed by atoms with Crippen molar-refractivity contribution in [2.45, 2.75) is 116 Å². The third-order valence-electron chi connectivity index (χ3n) is 5.31. The van der Waals surface area contributed by atoms with Gasteiger partial charge in [0.1, 0.15) is 0 Å². The van der Waals surface area contributed by atoms with Crippen LogP contribution in [-0.2, 0) is 28.8 Å². The molecule has 7 nitrogen and oxygen atoms in total. The molecule has 41 heavy (non-hydrogen) atoms. The minimum Gasteiger partial charge on any atom is -0.436 e. The van der Waals surface area contributed by atoms with Gasteiger partial charge in [0.05, 0.1) is 0 Å². The van der Waals surface area contributed by atoms with E-state index in [-0.39, 0.29) is 0 Å². The summed E-state index contributed by atoms with van der Waals surface area (Å²) >= 11 is 0. The average Bonchev–Trinajstić information content (AvgIpc) is 2.61. The Hall–Kier alpha value is -0.305. The van der Waals surface area contributed by atoms with Crippen LogP contribution in [0.2, 0.25) is 116 Å². The van der Waals surface area contributed by atoms with Crippen LogP contribution in [0.15, 0.2) is 0 Å². The largest absolute Gasteiger partial charge is 0.470 e. The van der Waals surface area contributed by atoms with E-state index in [1.165, 1.54) is 0 Å². The van der Waals surface area contributed by atoms with E-state index in [4.69, 9.17) is 54.5 Å². The molecule has 0 saturated heterocycles. The van der Waals surface area contributed by atoms with Gasteiger partial charge in [0, 0.05) is 37.3 Å². The van der Waals surface area contributed by atoms with E-state index in [9.17, 15) is 0 Å². The molecule has 0 aliphatic rings. The summed E-state index contributed by atoms with van der Waals surface area (Å²) in [6, 6.07) is 2.14. The molecular weight excluding hydrogens is 649 g/mol. The van der Waals surface area contributed by atoms with Gasteiger partial charge < -0.3 is 28.8 Å². The molecule has 0 aromatic heterocycles. The molecule has 0 radical (unpaired) electrons. The molecule has 2 unspecified atom stereocenters. The highest BCUT2D eigenvalue weighted by Crippen LogP contribution is 2.33. The van der Waals surface area contributed by atoms with Gasteiger partial charge in [-0.05, 0) is 78.6 Å². The van der Waals surface area contributed by atoms with Crippen LogP contribution in [0.25, 0.3) is 0 Å². The third kappa shape index (κ3) is 16.9. The zero-order valence-electron chi connectivity index (χ0n) is 28.0. The molecule has 0 aromatic carbocycles. The van der Waals surface area contributed by atoms with Gasteiger partial charge in [-0.3, -0.25) is 0 Å². The Morgan fingerprint density at radius 2 is 0.561 bits per heavy atom. The van der Waals surface area contributed by atoms with Gasteiger partial charge in [-0.15, -0.1) is 49.4 Å². The minimum atomic E-state index is -3.51. The van der Waals surface area contributed by atoms with Gasteiger partial charge >= 0.3 is 34.7 Å². The molecule has 2 atom stereocenters. The number of rotatable bonds is 18. The molecular formula is C26H54O7Si8. The molecule has 0 spiro atoms. The van der Waals surface area contributed by atoms with E-state index in [1.54, 1.807) is 0 Å². The second-order valence-electron chi connectivity index (χ2n) is 13.8. The van der Waals surface area contributed by atoms with Crippen LogP contribution in [-0.4, -0.2) is 68.0 Å². The van der Waals surface area contributed by atoms with Crippen LogP contribution in [0.3, 0.4) is 0 Å². The summed E-state index contributed by atoms with van der Waals surface area (Å²) in [4.78, 5) is 0. The predicted molar refractivity (Wildman–Crippen MR) is 190 cm³/mol. The lowest BCUT2D eigenvalue weighted by Crippen LogP contribution is -2.67. The summed E-state index contributed by atoms with van der Waals surface area (Å²) in [6.07, 6.45) is 22.7. The second-order valence-corrected chi connectivity index (χ2v) is 44.1. The van der Waals surface area contributed by atoms with Crippen molar-refractivity contribution in [3.05, 3.63) is 0 Å². The Labute approximate surface area is 260 Å². The summed E-state index contributed by atoms with van der Waals surface area (Å²) < 4.78 is 47.6. The highest BCUT2D eigenvalue weighted by atomic mass is 28.6. The maximum atomic E-state index is 6.99. The molecule has 0 aliphatic heterocycles. The van der Waals surface area contributed by atoms with Crippen molar-refractivity contribution in [2.24, 2.45) is 0 Å². The number of hydrogen-bond donors (Lipinski definition) is 0. The van der Waals surface area contributed by atoms with E-state index >= 15 is 0 Å². The molecule has 0 aromatic rings. The van der Waals surface area contributed by atoms with E-state index < -0.39 is 68.0 Å². The Bertz CT molecular complexity index is 968. The van der Waals surface area contributed by atoms with Gasteiger partial charge in [-0.1, -0.05) is 0 Å². The van der Waals surface area contributed by atoms with Crippen molar-refractivity contribution >= 4 is 68.0 Å². The van der Waals surface area contributed by atoms with Crippen LogP contribution in [0.4, 0.5) is 0 Å². The zero-order chi connectivity index (χ0) is 32.6. The fraction of sp³-hybridized carbons (Fsp3) is 0.692. The topological polar surface area (TPSA) is 64.6 Å². The number of hydrogen-bond acceptors (Lipinski definition) is 7. The summed E-state index contributed by atoms with van der Waals surface area (Å²) in [7, 11) is -21.9. The van der Waals surface area contributed by atoms with Gasteiger partial charge in [-0.25, -0.2) is 0 Å². The predicted octanol–water partition coefficient (Wildman–Crippen LogP) is 7.00. The van der Waals surface area contributed by atoms with Crippen molar-refractivity contribution in [3.8, 4) is 49.4 Å². The second kappa shape index (κ2) is 15.1. The third-order valence-corrected chi connectivity index (χ3v) is 35.1. The standard InChI is InChI=1S/C26H54O7Si8/c1-19-23-34(5,6)27-38(13,14)31-40(17,29-36(9,10)25-21-3)33-41(18,30-37(11,12)26-22-4)32-39(15,16)28-35(7,8)24-20-2/h1-4H,23-26H2,5-18H3. The van der Waals surface area contributed by atoms with Gasteiger partial charge in [0.15, 0.2) is 33.3 Å². The Morgan fingerprint density at radius 3 is 0.780 bits per heavy atom. The highest BCUT2D eigenvalue weighted by Gasteiger charge is 2.57. The van der Waals surface area contributed by atoms with Gasteiger partial charge in [0.25, 0.3) is 0 Å². The maximum Gasteiger partial charge on any atom is 0.470 e. The van der Waals surface area contributed by atoms with Crippen LogP contribution in [0, 0.1) is 49.4 Å². The van der Waals surface area contributed by atoms with Crippen LogP contribution in [0.1, 0.15) is 0 Å². The smallest absolute Gasteiger partial charge is 0.436 e. The molecule has 0 fully saturated rings. The van der Waals surface area contributed by atoms with Gasteiger partial charge in [-0.2, -0.15) is 0 Å². The normalized spacial score (nSPS) is 16.4. The summed E-state index contributed by atoms with van der Waals surface area (Å²) in [5.74, 6) is 11.0. The van der Waals surface area contributed by atoms with Crippen molar-refractivity contribution in [3.63, 3.8) is 0 Å². The first-order valence-corrected chi connectivity index (χ1v) is 36.4. The zero-order valence-corrected chi connectivity index (χ0v) is 36.0. The summed E-state index contributed by atoms with van der Waals surface area (Å²) in [6.45, 7) is 28.4. The molecule has 0 N–H and O–H groups in total. The fourth-order valence-corrected chi connectivity index (χ4v) is 40.8. The molecule has 0 rings (SSSR count). The van der Waals surface area contributed by atoms with Gasteiger partial charge in [0.2, 0.25) is 0 Å². The molecule has 0 amide bonds. The first-order chi connectivity index (χ1) is 18.2. The molecule has 0 heterocycles. The summed E-state index contributed by atoms with van der Waals surface area (Å²) in [5.41, 5.74) is 0. The minimum absolute atomic E-state index is 0.495. The average molecular weight is 703 g/mol. The Balaban J connectivity index is 6.79. The van der Waals surface area contributed by atoms with E-state index in [1.807, 2.05) is 39.3 Å². The molecule has 232 valence electrons. The monoisotopic (exact) mass is 702 g/mol. The molecule has 0 bridgehead atoms. The lowest BCUT2D eigenvalue weighted by atomic mass is 10.8. The van der Waals surface area contributed by atoms with Crippen LogP contribution >= 0.6 is 0 Å². The van der Waals surface area contributed by atoms with Crippen molar-refractivity contribution in [1.82, 2.24) is 0 Å². The first-order valence-electron chi connectivity index (χ1n) is 13.8. The van der Waals surface area contributed by atoms with Crippen LogP contribution < -0.4 is 0 Å². The lowest BCUT2D eigenvalue weighted by Gasteiger charge is -2.46. The highest BCUT2D eigenvalue weighted by molar-refractivity contribution is 6.94. The van der Waals surface area contributed by atoms with Crippen molar-refractivity contribution < 1.29 is 28.8 Å². The SMILES string of the molecule is C#CC[Si](C)(C)O[Si](C)(C)O[Si](C)(O[Si](C)(C)CC#C)O[Si](C)(O[Si](C)(C)CC#C)O[Si](C)(C)O[Si](C)(C)CC#C. The summed E-state index contributed by atoms with van der Waals surface area (Å²) in [5, 5.41) is 0. The lowest BCUT2D eigenvalue weighted by molar-refractivity contribution is 0.165. The van der Waals surface area contributed by atoms with E-state index in [0.717, 1.165) is 0 Å². The quantitative estimate of drug-likeness (QED) is 0.113. The van der Waals surface area contributed by atoms with E-state index in [0.29, 0.717) is 24.2 Å². The molecule has 0 aliphatic carbocycles. The van der Waals surface area contributed by atoms with Crippen molar-refractivity contribution in [2.75, 3.05) is 0 Å². The van der Waals surface area contributed by atoms with Crippen LogP contribution in [0.5, 0.6) is 0 Å². The number of terminal acetylenes is 4. The Morgan fingerprint density at radius 1 is 0.341 bits per heavy atom.